The largest absolute Gasteiger partial charge is 0.379 e. The number of hydrogen-bond donors (Lipinski definition) is 0. The highest BCUT2D eigenvalue weighted by Gasteiger charge is 2.15. The lowest BCUT2D eigenvalue weighted by Gasteiger charge is -2.25. The molecule has 0 spiro atoms. The monoisotopic (exact) mass is 215 g/mol. The first-order valence-corrected chi connectivity index (χ1v) is 6.29. The van der Waals surface area contributed by atoms with Crippen LogP contribution < -0.4 is 0 Å². The molecule has 3 unspecified atom stereocenters. The average molecular weight is 215 g/mol. The van der Waals surface area contributed by atoms with Crippen LogP contribution in [0, 0.1) is 5.92 Å². The summed E-state index contributed by atoms with van der Waals surface area (Å²) in [7, 11) is 4.30. The second kappa shape index (κ2) is 8.12. The topological polar surface area (TPSA) is 12.5 Å². The zero-order chi connectivity index (χ0) is 11.8. The van der Waals surface area contributed by atoms with E-state index in [2.05, 4.69) is 46.7 Å². The quantitative estimate of drug-likeness (QED) is 0.616. The summed E-state index contributed by atoms with van der Waals surface area (Å²) in [5.41, 5.74) is 0. The van der Waals surface area contributed by atoms with E-state index >= 15 is 0 Å². The maximum atomic E-state index is 5.69. The van der Waals surface area contributed by atoms with Crippen LogP contribution in [-0.4, -0.2) is 37.7 Å². The van der Waals surface area contributed by atoms with Crippen LogP contribution in [0.1, 0.15) is 47.0 Å². The molecule has 0 aliphatic heterocycles. The van der Waals surface area contributed by atoms with E-state index in [1.165, 1.54) is 12.8 Å². The molecule has 0 aromatic rings. The van der Waals surface area contributed by atoms with Crippen molar-refractivity contribution in [2.45, 2.75) is 59.1 Å². The van der Waals surface area contributed by atoms with E-state index in [0.717, 1.165) is 18.9 Å². The fourth-order valence-electron chi connectivity index (χ4n) is 1.93. The molecular weight excluding hydrogens is 186 g/mol. The van der Waals surface area contributed by atoms with Gasteiger partial charge in [0.2, 0.25) is 0 Å². The van der Waals surface area contributed by atoms with Crippen LogP contribution in [0.15, 0.2) is 0 Å². The standard InChI is InChI=1S/C13H29NO/c1-7-13(15-8-2)10-11(3)9-12(4)14(5)6/h11-13H,7-10H2,1-6H3. The SMILES string of the molecule is CCOC(CC)CC(C)CC(C)N(C)C. The molecule has 15 heavy (non-hydrogen) atoms. The van der Waals surface area contributed by atoms with Crippen molar-refractivity contribution in [3.05, 3.63) is 0 Å². The molecule has 0 radical (unpaired) electrons. The van der Waals surface area contributed by atoms with Crippen molar-refractivity contribution < 1.29 is 4.74 Å². The van der Waals surface area contributed by atoms with Crippen LogP contribution in [0.3, 0.4) is 0 Å². The number of rotatable bonds is 8. The summed E-state index contributed by atoms with van der Waals surface area (Å²) in [6.07, 6.45) is 4.05. The van der Waals surface area contributed by atoms with E-state index in [9.17, 15) is 0 Å². The number of nitrogens with zero attached hydrogens (tertiary/aromatic N) is 1. The molecule has 0 aromatic heterocycles. The second-order valence-corrected chi connectivity index (χ2v) is 4.87. The Morgan fingerprint density at radius 2 is 1.67 bits per heavy atom. The molecule has 0 aliphatic rings. The van der Waals surface area contributed by atoms with E-state index in [4.69, 9.17) is 4.74 Å². The van der Waals surface area contributed by atoms with Crippen molar-refractivity contribution in [2.24, 2.45) is 5.92 Å². The lowest BCUT2D eigenvalue weighted by molar-refractivity contribution is 0.0407. The van der Waals surface area contributed by atoms with Gasteiger partial charge in [0.15, 0.2) is 0 Å². The molecule has 92 valence electrons. The Balaban J connectivity index is 3.84. The third-order valence-electron chi connectivity index (χ3n) is 3.15. The van der Waals surface area contributed by atoms with Crippen molar-refractivity contribution >= 4 is 0 Å². The maximum Gasteiger partial charge on any atom is 0.0574 e. The van der Waals surface area contributed by atoms with E-state index in [-0.39, 0.29) is 0 Å². The molecule has 0 rings (SSSR count). The molecule has 0 saturated heterocycles. The maximum absolute atomic E-state index is 5.69. The highest BCUT2D eigenvalue weighted by atomic mass is 16.5. The summed E-state index contributed by atoms with van der Waals surface area (Å²) in [4.78, 5) is 2.29. The summed E-state index contributed by atoms with van der Waals surface area (Å²) < 4.78 is 5.69. The zero-order valence-corrected chi connectivity index (χ0v) is 11.4. The highest BCUT2D eigenvalue weighted by molar-refractivity contribution is 4.68. The minimum absolute atomic E-state index is 0.458. The molecule has 0 aromatic carbocycles. The van der Waals surface area contributed by atoms with Gasteiger partial charge in [0, 0.05) is 12.6 Å². The normalized spacial score (nSPS) is 17.8. The van der Waals surface area contributed by atoms with Gasteiger partial charge < -0.3 is 9.64 Å². The van der Waals surface area contributed by atoms with Gasteiger partial charge >= 0.3 is 0 Å². The molecule has 2 nitrogen and oxygen atoms in total. The van der Waals surface area contributed by atoms with Crippen molar-refractivity contribution in [1.82, 2.24) is 4.90 Å². The van der Waals surface area contributed by atoms with Crippen molar-refractivity contribution in [3.63, 3.8) is 0 Å². The molecule has 2 heteroatoms. The van der Waals surface area contributed by atoms with Gasteiger partial charge in [0.05, 0.1) is 6.10 Å². The van der Waals surface area contributed by atoms with E-state index in [1.807, 2.05) is 0 Å². The first-order valence-electron chi connectivity index (χ1n) is 6.29. The molecule has 0 saturated carbocycles. The third kappa shape index (κ3) is 6.91. The van der Waals surface area contributed by atoms with Crippen LogP contribution in [0.5, 0.6) is 0 Å². The van der Waals surface area contributed by atoms with Crippen molar-refractivity contribution in [1.29, 1.82) is 0 Å². The highest BCUT2D eigenvalue weighted by Crippen LogP contribution is 2.18. The van der Waals surface area contributed by atoms with Crippen molar-refractivity contribution in [2.75, 3.05) is 20.7 Å². The van der Waals surface area contributed by atoms with Crippen LogP contribution in [0.4, 0.5) is 0 Å². The van der Waals surface area contributed by atoms with E-state index < -0.39 is 0 Å². The Hall–Kier alpha value is -0.0800. The minimum Gasteiger partial charge on any atom is -0.379 e. The van der Waals surface area contributed by atoms with Crippen LogP contribution >= 0.6 is 0 Å². The summed E-state index contributed by atoms with van der Waals surface area (Å²) in [6.45, 7) is 9.76. The Morgan fingerprint density at radius 3 is 2.07 bits per heavy atom. The Labute approximate surface area is 96.0 Å². The molecule has 0 heterocycles. The third-order valence-corrected chi connectivity index (χ3v) is 3.15. The second-order valence-electron chi connectivity index (χ2n) is 4.87. The number of ether oxygens (including phenoxy) is 1. The molecular formula is C13H29NO. The number of hydrogen-bond acceptors (Lipinski definition) is 2. The van der Waals surface area contributed by atoms with E-state index in [1.54, 1.807) is 0 Å². The van der Waals surface area contributed by atoms with Gasteiger partial charge in [-0.3, -0.25) is 0 Å². The molecule has 0 aliphatic carbocycles. The van der Waals surface area contributed by atoms with Gasteiger partial charge in [0.1, 0.15) is 0 Å². The van der Waals surface area contributed by atoms with Crippen LogP contribution in [0.25, 0.3) is 0 Å². The molecule has 0 bridgehead atoms. The van der Waals surface area contributed by atoms with Gasteiger partial charge in [-0.05, 0) is 53.1 Å². The van der Waals surface area contributed by atoms with E-state index in [0.29, 0.717) is 12.1 Å². The fraction of sp³-hybridized carbons (Fsp3) is 1.00. The van der Waals surface area contributed by atoms with Gasteiger partial charge in [-0.1, -0.05) is 13.8 Å². The summed E-state index contributed by atoms with van der Waals surface area (Å²) in [5.74, 6) is 0.749. The first kappa shape index (κ1) is 14.9. The Kier molecular flexibility index (Phi) is 8.07. The summed E-state index contributed by atoms with van der Waals surface area (Å²) >= 11 is 0. The lowest BCUT2D eigenvalue weighted by Crippen LogP contribution is -2.28. The van der Waals surface area contributed by atoms with Gasteiger partial charge in [-0.25, -0.2) is 0 Å². The molecule has 0 amide bonds. The van der Waals surface area contributed by atoms with Gasteiger partial charge in [-0.15, -0.1) is 0 Å². The molecule has 0 N–H and O–H groups in total. The summed E-state index contributed by atoms with van der Waals surface area (Å²) in [6, 6.07) is 0.666. The smallest absolute Gasteiger partial charge is 0.0574 e. The van der Waals surface area contributed by atoms with Crippen molar-refractivity contribution in [3.8, 4) is 0 Å². The predicted molar refractivity (Wildman–Crippen MR) is 67.3 cm³/mol. The average Bonchev–Trinajstić information content (AvgIpc) is 2.16. The molecule has 3 atom stereocenters. The van der Waals surface area contributed by atoms with Crippen LogP contribution in [-0.2, 0) is 4.74 Å². The van der Waals surface area contributed by atoms with Gasteiger partial charge in [0.25, 0.3) is 0 Å². The molecule has 0 fully saturated rings. The fourth-order valence-corrected chi connectivity index (χ4v) is 1.93. The lowest BCUT2D eigenvalue weighted by atomic mass is 9.95. The first-order chi connectivity index (χ1) is 7.01. The summed E-state index contributed by atoms with van der Waals surface area (Å²) in [5, 5.41) is 0. The van der Waals surface area contributed by atoms with Crippen LogP contribution in [0.2, 0.25) is 0 Å². The predicted octanol–water partition coefficient (Wildman–Crippen LogP) is 3.17. The Morgan fingerprint density at radius 1 is 1.07 bits per heavy atom. The minimum atomic E-state index is 0.458. The van der Waals surface area contributed by atoms with Gasteiger partial charge in [-0.2, -0.15) is 0 Å². The zero-order valence-electron chi connectivity index (χ0n) is 11.4. The Bertz CT molecular complexity index is 147.